The number of ether oxygens (including phenoxy) is 1. The van der Waals surface area contributed by atoms with Gasteiger partial charge in [-0.2, -0.15) is 0 Å². The maximum atomic E-state index is 13.5. The molecule has 2 nitrogen and oxygen atoms in total. The predicted octanol–water partition coefficient (Wildman–Crippen LogP) is 4.70. The molecule has 114 valence electrons. The average molecular weight is 281 g/mol. The second kappa shape index (κ2) is 8.96. The number of rotatable bonds is 9. The number of nitrogens with one attached hydrogen (secondary N) is 1. The van der Waals surface area contributed by atoms with Crippen LogP contribution in [0.15, 0.2) is 18.2 Å². The van der Waals surface area contributed by atoms with Gasteiger partial charge >= 0.3 is 0 Å². The Morgan fingerprint density at radius 2 is 2.05 bits per heavy atom. The highest BCUT2D eigenvalue weighted by Crippen LogP contribution is 2.29. The molecule has 0 aliphatic carbocycles. The van der Waals surface area contributed by atoms with Gasteiger partial charge in [0.2, 0.25) is 0 Å². The van der Waals surface area contributed by atoms with E-state index in [1.807, 2.05) is 19.2 Å². The minimum atomic E-state index is -0.302. The lowest BCUT2D eigenvalue weighted by atomic mass is 9.89. The first-order chi connectivity index (χ1) is 9.65. The van der Waals surface area contributed by atoms with Crippen LogP contribution in [0.3, 0.4) is 0 Å². The smallest absolute Gasteiger partial charge is 0.165 e. The van der Waals surface area contributed by atoms with E-state index in [-0.39, 0.29) is 11.9 Å². The summed E-state index contributed by atoms with van der Waals surface area (Å²) < 4.78 is 18.6. The van der Waals surface area contributed by atoms with Gasteiger partial charge in [-0.15, -0.1) is 0 Å². The minimum absolute atomic E-state index is 0.256. The minimum Gasteiger partial charge on any atom is -0.494 e. The average Bonchev–Trinajstić information content (AvgIpc) is 2.48. The van der Waals surface area contributed by atoms with Gasteiger partial charge in [0.1, 0.15) is 0 Å². The Bertz CT molecular complexity index is 395. The molecule has 2 atom stereocenters. The van der Waals surface area contributed by atoms with Crippen molar-refractivity contribution in [2.75, 3.05) is 14.2 Å². The zero-order chi connectivity index (χ0) is 15.0. The van der Waals surface area contributed by atoms with Crippen molar-refractivity contribution >= 4 is 0 Å². The van der Waals surface area contributed by atoms with Gasteiger partial charge in [-0.05, 0) is 37.1 Å². The Morgan fingerprint density at radius 3 is 2.60 bits per heavy atom. The van der Waals surface area contributed by atoms with Crippen molar-refractivity contribution in [3.05, 3.63) is 29.6 Å². The normalized spacial score (nSPS) is 14.1. The van der Waals surface area contributed by atoms with Gasteiger partial charge in [0, 0.05) is 6.04 Å². The lowest BCUT2D eigenvalue weighted by Gasteiger charge is -2.23. The molecule has 0 aliphatic heterocycles. The summed E-state index contributed by atoms with van der Waals surface area (Å²) in [6.07, 6.45) is 6.06. The number of benzene rings is 1. The summed E-state index contributed by atoms with van der Waals surface area (Å²) in [6, 6.07) is 5.41. The highest BCUT2D eigenvalue weighted by atomic mass is 19.1. The molecule has 1 rings (SSSR count). The number of halogens is 1. The third-order valence-electron chi connectivity index (χ3n) is 4.04. The van der Waals surface area contributed by atoms with Crippen molar-refractivity contribution in [1.82, 2.24) is 5.32 Å². The monoisotopic (exact) mass is 281 g/mol. The van der Waals surface area contributed by atoms with Gasteiger partial charge in [0.25, 0.3) is 0 Å². The van der Waals surface area contributed by atoms with Crippen LogP contribution in [0.25, 0.3) is 0 Å². The molecule has 0 bridgehead atoms. The molecule has 0 aromatic heterocycles. The molecule has 3 heteroatoms. The van der Waals surface area contributed by atoms with E-state index in [9.17, 15) is 4.39 Å². The van der Waals surface area contributed by atoms with Crippen LogP contribution in [0.1, 0.15) is 57.6 Å². The van der Waals surface area contributed by atoms with Gasteiger partial charge in [0.15, 0.2) is 11.6 Å². The first-order valence-corrected chi connectivity index (χ1v) is 7.66. The Balaban J connectivity index is 2.78. The molecule has 0 heterocycles. The second-order valence-electron chi connectivity index (χ2n) is 5.39. The maximum absolute atomic E-state index is 13.5. The summed E-state index contributed by atoms with van der Waals surface area (Å²) in [4.78, 5) is 0. The Kier molecular flexibility index (Phi) is 7.60. The summed E-state index contributed by atoms with van der Waals surface area (Å²) >= 11 is 0. The first kappa shape index (κ1) is 17.0. The maximum Gasteiger partial charge on any atom is 0.165 e. The number of hydrogen-bond donors (Lipinski definition) is 1. The van der Waals surface area contributed by atoms with E-state index >= 15 is 0 Å². The largest absolute Gasteiger partial charge is 0.494 e. The topological polar surface area (TPSA) is 21.3 Å². The third-order valence-corrected chi connectivity index (χ3v) is 4.04. The Labute approximate surface area is 122 Å². The van der Waals surface area contributed by atoms with E-state index in [4.69, 9.17) is 4.74 Å². The summed E-state index contributed by atoms with van der Waals surface area (Å²) in [7, 11) is 3.47. The van der Waals surface area contributed by atoms with Crippen LogP contribution in [-0.4, -0.2) is 14.2 Å². The Hall–Kier alpha value is -1.09. The molecular weight excluding hydrogens is 253 g/mol. The van der Waals surface area contributed by atoms with Gasteiger partial charge in [-0.25, -0.2) is 4.39 Å². The van der Waals surface area contributed by atoms with Crippen molar-refractivity contribution in [3.8, 4) is 5.75 Å². The highest BCUT2D eigenvalue weighted by molar-refractivity contribution is 5.32. The lowest BCUT2D eigenvalue weighted by Crippen LogP contribution is -2.20. The fourth-order valence-electron chi connectivity index (χ4n) is 2.63. The second-order valence-corrected chi connectivity index (χ2v) is 5.39. The summed E-state index contributed by atoms with van der Waals surface area (Å²) in [5.74, 6) is 0.733. The standard InChI is InChI=1S/C17H28FNO/c1-5-7-8-13(6-2)11-16(19-3)14-9-10-15(18)17(12-14)20-4/h9-10,12-13,16,19H,5-8,11H2,1-4H3. The lowest BCUT2D eigenvalue weighted by molar-refractivity contribution is 0.360. The van der Waals surface area contributed by atoms with Gasteiger partial charge < -0.3 is 10.1 Å². The SMILES string of the molecule is CCCCC(CC)CC(NC)c1ccc(F)c(OC)c1. The van der Waals surface area contributed by atoms with E-state index in [0.717, 1.165) is 12.0 Å². The molecule has 0 saturated heterocycles. The van der Waals surface area contributed by atoms with Crippen molar-refractivity contribution in [1.29, 1.82) is 0 Å². The van der Waals surface area contributed by atoms with Crippen molar-refractivity contribution in [2.45, 2.75) is 52.0 Å². The molecule has 1 aromatic rings. The Morgan fingerprint density at radius 1 is 1.30 bits per heavy atom. The highest BCUT2D eigenvalue weighted by Gasteiger charge is 2.17. The predicted molar refractivity (Wildman–Crippen MR) is 82.7 cm³/mol. The third kappa shape index (κ3) is 4.78. The molecule has 1 N–H and O–H groups in total. The molecule has 0 aliphatic rings. The summed E-state index contributed by atoms with van der Waals surface area (Å²) in [5, 5.41) is 3.35. The van der Waals surface area contributed by atoms with Crippen LogP contribution in [0.2, 0.25) is 0 Å². The molecular formula is C17H28FNO. The molecule has 0 amide bonds. The van der Waals surface area contributed by atoms with E-state index in [2.05, 4.69) is 19.2 Å². The zero-order valence-corrected chi connectivity index (χ0v) is 13.2. The van der Waals surface area contributed by atoms with Crippen molar-refractivity contribution in [3.63, 3.8) is 0 Å². The van der Waals surface area contributed by atoms with Crippen molar-refractivity contribution < 1.29 is 9.13 Å². The molecule has 0 radical (unpaired) electrons. The summed E-state index contributed by atoms with van der Waals surface area (Å²) in [6.45, 7) is 4.48. The van der Waals surface area contributed by atoms with Gasteiger partial charge in [0.05, 0.1) is 7.11 Å². The molecule has 1 aromatic carbocycles. The zero-order valence-electron chi connectivity index (χ0n) is 13.2. The number of unbranched alkanes of at least 4 members (excludes halogenated alkanes) is 1. The van der Waals surface area contributed by atoms with E-state index < -0.39 is 0 Å². The molecule has 20 heavy (non-hydrogen) atoms. The van der Waals surface area contributed by atoms with Crippen LogP contribution in [0.4, 0.5) is 4.39 Å². The molecule has 0 saturated carbocycles. The molecule has 2 unspecified atom stereocenters. The fraction of sp³-hybridized carbons (Fsp3) is 0.647. The molecule has 0 spiro atoms. The van der Waals surface area contributed by atoms with Gasteiger partial charge in [-0.1, -0.05) is 45.6 Å². The van der Waals surface area contributed by atoms with E-state index in [1.54, 1.807) is 0 Å². The van der Waals surface area contributed by atoms with Crippen LogP contribution < -0.4 is 10.1 Å². The summed E-state index contributed by atoms with van der Waals surface area (Å²) in [5.41, 5.74) is 1.10. The molecule has 0 fully saturated rings. The van der Waals surface area contributed by atoms with E-state index in [0.29, 0.717) is 11.7 Å². The van der Waals surface area contributed by atoms with E-state index in [1.165, 1.54) is 38.9 Å². The number of methoxy groups -OCH3 is 1. The van der Waals surface area contributed by atoms with Crippen LogP contribution in [0, 0.1) is 11.7 Å². The van der Waals surface area contributed by atoms with Crippen LogP contribution in [0.5, 0.6) is 5.75 Å². The van der Waals surface area contributed by atoms with Crippen LogP contribution in [-0.2, 0) is 0 Å². The van der Waals surface area contributed by atoms with Gasteiger partial charge in [-0.3, -0.25) is 0 Å². The fourth-order valence-corrected chi connectivity index (χ4v) is 2.63. The first-order valence-electron chi connectivity index (χ1n) is 7.66. The number of hydrogen-bond acceptors (Lipinski definition) is 2. The van der Waals surface area contributed by atoms with Crippen molar-refractivity contribution in [2.24, 2.45) is 5.92 Å². The van der Waals surface area contributed by atoms with Crippen LogP contribution >= 0.6 is 0 Å². The quantitative estimate of drug-likeness (QED) is 0.708.